The average Bonchev–Trinajstić information content (AvgIpc) is 2.14. The zero-order valence-electron chi connectivity index (χ0n) is 10.5. The van der Waals surface area contributed by atoms with Crippen LogP contribution in [0.5, 0.6) is 0 Å². The van der Waals surface area contributed by atoms with Gasteiger partial charge in [-0.3, -0.25) is 4.79 Å². The van der Waals surface area contributed by atoms with Crippen LogP contribution in [0.2, 0.25) is 0 Å². The molecule has 2 heteroatoms. The lowest BCUT2D eigenvalue weighted by molar-refractivity contribution is -0.139. The summed E-state index contributed by atoms with van der Waals surface area (Å²) in [7, 11) is 0. The molecule has 0 bridgehead atoms. The first kappa shape index (κ1) is 12.8. The minimum atomic E-state index is -0.711. The molecule has 1 aromatic rings. The molecule has 0 saturated carbocycles. The van der Waals surface area contributed by atoms with Crippen molar-refractivity contribution in [2.45, 2.75) is 46.5 Å². The van der Waals surface area contributed by atoms with E-state index in [0.717, 1.165) is 23.1 Å². The number of aryl methyl sites for hydroxylation is 3. The van der Waals surface area contributed by atoms with Gasteiger partial charge in [-0.2, -0.15) is 0 Å². The molecule has 1 unspecified atom stereocenters. The van der Waals surface area contributed by atoms with Gasteiger partial charge in [0.05, 0.1) is 5.92 Å². The first-order valence-corrected chi connectivity index (χ1v) is 5.78. The normalized spacial score (nSPS) is 12.5. The third kappa shape index (κ3) is 2.63. The molecule has 0 radical (unpaired) electrons. The van der Waals surface area contributed by atoms with Crippen LogP contribution in [-0.2, 0) is 4.79 Å². The molecule has 2 nitrogen and oxygen atoms in total. The van der Waals surface area contributed by atoms with Gasteiger partial charge in [-0.25, -0.2) is 0 Å². The van der Waals surface area contributed by atoms with Crippen molar-refractivity contribution in [1.29, 1.82) is 0 Å². The van der Waals surface area contributed by atoms with Crippen LogP contribution < -0.4 is 0 Å². The number of carboxylic acid groups (broad SMARTS) is 1. The standard InChI is InChI=1S/C14H20O2/c1-5-6-12(14(15)16)13-10(3)7-9(2)8-11(13)4/h7-8,12H,5-6H2,1-4H3,(H,15,16). The maximum absolute atomic E-state index is 11.3. The summed E-state index contributed by atoms with van der Waals surface area (Å²) < 4.78 is 0. The Bertz CT molecular complexity index is 371. The largest absolute Gasteiger partial charge is 0.481 e. The van der Waals surface area contributed by atoms with E-state index in [4.69, 9.17) is 0 Å². The van der Waals surface area contributed by atoms with Gasteiger partial charge in [-0.05, 0) is 43.9 Å². The second-order valence-corrected chi connectivity index (χ2v) is 4.49. The van der Waals surface area contributed by atoms with Crippen LogP contribution in [0.3, 0.4) is 0 Å². The molecule has 1 aromatic carbocycles. The maximum atomic E-state index is 11.3. The maximum Gasteiger partial charge on any atom is 0.310 e. The molecule has 0 heterocycles. The highest BCUT2D eigenvalue weighted by Crippen LogP contribution is 2.28. The summed E-state index contributed by atoms with van der Waals surface area (Å²) >= 11 is 0. The van der Waals surface area contributed by atoms with Gasteiger partial charge in [0.15, 0.2) is 0 Å². The molecule has 88 valence electrons. The van der Waals surface area contributed by atoms with Gasteiger partial charge in [0, 0.05) is 0 Å². The van der Waals surface area contributed by atoms with Crippen molar-refractivity contribution in [1.82, 2.24) is 0 Å². The minimum Gasteiger partial charge on any atom is -0.481 e. The van der Waals surface area contributed by atoms with E-state index >= 15 is 0 Å². The van der Waals surface area contributed by atoms with E-state index in [-0.39, 0.29) is 5.92 Å². The molecule has 0 aromatic heterocycles. The molecule has 0 aliphatic carbocycles. The predicted octanol–water partition coefficient (Wildman–Crippen LogP) is 3.58. The lowest BCUT2D eigenvalue weighted by Crippen LogP contribution is -2.14. The molecule has 0 fully saturated rings. The van der Waals surface area contributed by atoms with E-state index in [0.29, 0.717) is 6.42 Å². The smallest absolute Gasteiger partial charge is 0.310 e. The van der Waals surface area contributed by atoms with E-state index in [1.807, 2.05) is 27.7 Å². The number of aliphatic carboxylic acids is 1. The van der Waals surface area contributed by atoms with Crippen molar-refractivity contribution in [3.05, 3.63) is 34.4 Å². The van der Waals surface area contributed by atoms with Crippen molar-refractivity contribution >= 4 is 5.97 Å². The summed E-state index contributed by atoms with van der Waals surface area (Å²) in [6.07, 6.45) is 1.60. The van der Waals surface area contributed by atoms with Gasteiger partial charge >= 0.3 is 5.97 Å². The third-order valence-corrected chi connectivity index (χ3v) is 2.96. The molecule has 1 rings (SSSR count). The Hall–Kier alpha value is -1.31. The Morgan fingerprint density at radius 1 is 1.25 bits per heavy atom. The Balaban J connectivity index is 3.23. The first-order valence-electron chi connectivity index (χ1n) is 5.78. The summed E-state index contributed by atoms with van der Waals surface area (Å²) in [5.41, 5.74) is 4.39. The zero-order valence-corrected chi connectivity index (χ0v) is 10.5. The van der Waals surface area contributed by atoms with Crippen LogP contribution in [0.1, 0.15) is 47.9 Å². The minimum absolute atomic E-state index is 0.356. The quantitative estimate of drug-likeness (QED) is 0.842. The summed E-state index contributed by atoms with van der Waals surface area (Å²) in [6.45, 7) is 8.07. The predicted molar refractivity (Wildman–Crippen MR) is 65.9 cm³/mol. The molecular weight excluding hydrogens is 200 g/mol. The first-order chi connectivity index (χ1) is 7.47. The number of rotatable bonds is 4. The van der Waals surface area contributed by atoms with Gasteiger partial charge in [-0.15, -0.1) is 0 Å². The fraction of sp³-hybridized carbons (Fsp3) is 0.500. The number of benzene rings is 1. The third-order valence-electron chi connectivity index (χ3n) is 2.96. The van der Waals surface area contributed by atoms with Gasteiger partial charge in [0.2, 0.25) is 0 Å². The number of hydrogen-bond acceptors (Lipinski definition) is 1. The SMILES string of the molecule is CCCC(C(=O)O)c1c(C)cc(C)cc1C. The van der Waals surface area contributed by atoms with Gasteiger partial charge in [0.25, 0.3) is 0 Å². The van der Waals surface area contributed by atoms with E-state index in [1.165, 1.54) is 5.56 Å². The molecule has 0 saturated heterocycles. The Morgan fingerprint density at radius 2 is 1.75 bits per heavy atom. The van der Waals surface area contributed by atoms with E-state index in [1.54, 1.807) is 0 Å². The van der Waals surface area contributed by atoms with E-state index < -0.39 is 5.97 Å². The molecule has 0 amide bonds. The highest BCUT2D eigenvalue weighted by Gasteiger charge is 2.22. The van der Waals surface area contributed by atoms with Gasteiger partial charge < -0.3 is 5.11 Å². The van der Waals surface area contributed by atoms with Crippen LogP contribution in [0.4, 0.5) is 0 Å². The number of carbonyl (C=O) groups is 1. The molecule has 0 spiro atoms. The van der Waals surface area contributed by atoms with Crippen LogP contribution >= 0.6 is 0 Å². The fourth-order valence-corrected chi connectivity index (χ4v) is 2.42. The van der Waals surface area contributed by atoms with Crippen LogP contribution in [0.25, 0.3) is 0 Å². The Kier molecular flexibility index (Phi) is 4.11. The summed E-state index contributed by atoms with van der Waals surface area (Å²) in [4.78, 5) is 11.3. The number of hydrogen-bond donors (Lipinski definition) is 1. The topological polar surface area (TPSA) is 37.3 Å². The Morgan fingerprint density at radius 3 is 2.12 bits per heavy atom. The fourth-order valence-electron chi connectivity index (χ4n) is 2.42. The average molecular weight is 220 g/mol. The van der Waals surface area contributed by atoms with E-state index in [2.05, 4.69) is 12.1 Å². The van der Waals surface area contributed by atoms with Crippen molar-refractivity contribution in [3.8, 4) is 0 Å². The summed E-state index contributed by atoms with van der Waals surface area (Å²) in [6, 6.07) is 4.13. The van der Waals surface area contributed by atoms with Crippen molar-refractivity contribution in [2.24, 2.45) is 0 Å². The molecule has 1 atom stereocenters. The highest BCUT2D eigenvalue weighted by molar-refractivity contribution is 5.77. The van der Waals surface area contributed by atoms with E-state index in [9.17, 15) is 9.90 Å². The summed E-state index contributed by atoms with van der Waals surface area (Å²) in [5.74, 6) is -1.07. The molecule has 0 aliphatic heterocycles. The zero-order chi connectivity index (χ0) is 12.3. The van der Waals surface area contributed by atoms with Crippen molar-refractivity contribution in [3.63, 3.8) is 0 Å². The lowest BCUT2D eigenvalue weighted by atomic mass is 9.87. The van der Waals surface area contributed by atoms with Gasteiger partial charge in [0.1, 0.15) is 0 Å². The van der Waals surface area contributed by atoms with Crippen LogP contribution in [0, 0.1) is 20.8 Å². The number of carboxylic acids is 1. The van der Waals surface area contributed by atoms with Gasteiger partial charge in [-0.1, -0.05) is 31.0 Å². The monoisotopic (exact) mass is 220 g/mol. The van der Waals surface area contributed by atoms with Crippen molar-refractivity contribution in [2.75, 3.05) is 0 Å². The second kappa shape index (κ2) is 5.15. The molecular formula is C14H20O2. The lowest BCUT2D eigenvalue weighted by Gasteiger charge is -2.18. The molecule has 1 N–H and O–H groups in total. The molecule has 16 heavy (non-hydrogen) atoms. The summed E-state index contributed by atoms with van der Waals surface area (Å²) in [5, 5.41) is 9.28. The van der Waals surface area contributed by atoms with Crippen molar-refractivity contribution < 1.29 is 9.90 Å². The Labute approximate surface area is 97.3 Å². The second-order valence-electron chi connectivity index (χ2n) is 4.49. The highest BCUT2D eigenvalue weighted by atomic mass is 16.4. The van der Waals surface area contributed by atoms with Crippen LogP contribution in [0.15, 0.2) is 12.1 Å². The molecule has 0 aliphatic rings. The van der Waals surface area contributed by atoms with Crippen LogP contribution in [-0.4, -0.2) is 11.1 Å².